The number of methoxy groups -OCH3 is 1. The molecule has 0 fully saturated rings. The summed E-state index contributed by atoms with van der Waals surface area (Å²) in [4.78, 5) is 21.7. The molecular formula is C12H15NO4. The second kappa shape index (κ2) is 7.40. The molecule has 5 nitrogen and oxygen atoms in total. The van der Waals surface area contributed by atoms with Gasteiger partial charge in [-0.2, -0.15) is 0 Å². The van der Waals surface area contributed by atoms with Crippen LogP contribution in [0.2, 0.25) is 0 Å². The SMILES string of the molecule is COCCNC(=O)COc1ccc(C=O)cc1. The highest BCUT2D eigenvalue weighted by Crippen LogP contribution is 2.10. The van der Waals surface area contributed by atoms with Crippen LogP contribution >= 0.6 is 0 Å². The Balaban J connectivity index is 2.29. The van der Waals surface area contributed by atoms with Gasteiger partial charge in [0.25, 0.3) is 5.91 Å². The van der Waals surface area contributed by atoms with Crippen LogP contribution in [0.3, 0.4) is 0 Å². The molecule has 1 N–H and O–H groups in total. The first-order valence-corrected chi connectivity index (χ1v) is 5.20. The number of carbonyl (C=O) groups excluding carboxylic acids is 2. The highest BCUT2D eigenvalue weighted by molar-refractivity contribution is 5.77. The van der Waals surface area contributed by atoms with Crippen molar-refractivity contribution in [2.45, 2.75) is 0 Å². The molecule has 0 spiro atoms. The van der Waals surface area contributed by atoms with Gasteiger partial charge in [-0.3, -0.25) is 9.59 Å². The van der Waals surface area contributed by atoms with Gasteiger partial charge in [0, 0.05) is 19.2 Å². The molecule has 1 aromatic carbocycles. The maximum atomic E-state index is 11.3. The minimum absolute atomic E-state index is 0.0514. The molecule has 17 heavy (non-hydrogen) atoms. The molecule has 1 rings (SSSR count). The van der Waals surface area contributed by atoms with Crippen LogP contribution < -0.4 is 10.1 Å². The van der Waals surface area contributed by atoms with Gasteiger partial charge in [0.1, 0.15) is 12.0 Å². The lowest BCUT2D eigenvalue weighted by Crippen LogP contribution is -2.31. The predicted molar refractivity (Wildman–Crippen MR) is 62.2 cm³/mol. The molecular weight excluding hydrogens is 222 g/mol. The quantitative estimate of drug-likeness (QED) is 0.558. The summed E-state index contributed by atoms with van der Waals surface area (Å²) in [5, 5.41) is 2.63. The molecule has 5 heteroatoms. The van der Waals surface area contributed by atoms with Crippen LogP contribution in [-0.4, -0.2) is 39.1 Å². The number of carbonyl (C=O) groups is 2. The van der Waals surface area contributed by atoms with E-state index in [1.807, 2.05) is 0 Å². The summed E-state index contributed by atoms with van der Waals surface area (Å²) in [5.41, 5.74) is 0.571. The number of nitrogens with one attached hydrogen (secondary N) is 1. The molecule has 0 atom stereocenters. The summed E-state index contributed by atoms with van der Waals surface area (Å²) in [6.07, 6.45) is 0.751. The van der Waals surface area contributed by atoms with Crippen LogP contribution in [0.25, 0.3) is 0 Å². The zero-order valence-electron chi connectivity index (χ0n) is 9.64. The van der Waals surface area contributed by atoms with Crippen molar-refractivity contribution in [1.29, 1.82) is 0 Å². The van der Waals surface area contributed by atoms with Crippen LogP contribution in [0, 0.1) is 0 Å². The first-order chi connectivity index (χ1) is 8.26. The van der Waals surface area contributed by atoms with Gasteiger partial charge >= 0.3 is 0 Å². The number of benzene rings is 1. The van der Waals surface area contributed by atoms with E-state index in [2.05, 4.69) is 5.32 Å². The van der Waals surface area contributed by atoms with Gasteiger partial charge in [-0.1, -0.05) is 0 Å². The van der Waals surface area contributed by atoms with Gasteiger partial charge in [0.2, 0.25) is 0 Å². The van der Waals surface area contributed by atoms with Crippen LogP contribution in [0.15, 0.2) is 24.3 Å². The summed E-state index contributed by atoms with van der Waals surface area (Å²) in [5.74, 6) is 0.346. The van der Waals surface area contributed by atoms with E-state index in [1.54, 1.807) is 31.4 Å². The molecule has 0 saturated carbocycles. The topological polar surface area (TPSA) is 64.6 Å². The van der Waals surface area contributed by atoms with E-state index in [-0.39, 0.29) is 12.5 Å². The van der Waals surface area contributed by atoms with Gasteiger partial charge in [-0.15, -0.1) is 0 Å². The van der Waals surface area contributed by atoms with E-state index >= 15 is 0 Å². The maximum Gasteiger partial charge on any atom is 0.258 e. The highest BCUT2D eigenvalue weighted by atomic mass is 16.5. The van der Waals surface area contributed by atoms with Gasteiger partial charge in [0.05, 0.1) is 6.61 Å². The lowest BCUT2D eigenvalue weighted by atomic mass is 10.2. The smallest absolute Gasteiger partial charge is 0.258 e. The van der Waals surface area contributed by atoms with E-state index in [1.165, 1.54) is 0 Å². The summed E-state index contributed by atoms with van der Waals surface area (Å²) in [6, 6.07) is 6.55. The predicted octanol–water partition coefficient (Wildman–Crippen LogP) is 0.640. The first kappa shape index (κ1) is 13.2. The molecule has 0 aliphatic rings. The Labute approximate surface area is 99.7 Å². The Morgan fingerprint density at radius 2 is 2.06 bits per heavy atom. The van der Waals surface area contributed by atoms with Crippen molar-refractivity contribution in [1.82, 2.24) is 5.32 Å². The van der Waals surface area contributed by atoms with Crippen LogP contribution in [0.5, 0.6) is 5.75 Å². The Bertz CT molecular complexity index is 361. The monoisotopic (exact) mass is 237 g/mol. The first-order valence-electron chi connectivity index (χ1n) is 5.20. The standard InChI is InChI=1S/C12H15NO4/c1-16-7-6-13-12(15)9-17-11-4-2-10(8-14)3-5-11/h2-5,8H,6-7,9H2,1H3,(H,13,15). The number of amides is 1. The summed E-state index contributed by atoms with van der Waals surface area (Å²) < 4.78 is 10.0. The highest BCUT2D eigenvalue weighted by Gasteiger charge is 2.01. The minimum atomic E-state index is -0.207. The molecule has 92 valence electrons. The second-order valence-corrected chi connectivity index (χ2v) is 3.32. The lowest BCUT2D eigenvalue weighted by molar-refractivity contribution is -0.123. The van der Waals surface area contributed by atoms with E-state index in [9.17, 15) is 9.59 Å². The average molecular weight is 237 g/mol. The molecule has 1 aromatic rings. The molecule has 1 amide bonds. The Morgan fingerprint density at radius 1 is 1.35 bits per heavy atom. The second-order valence-electron chi connectivity index (χ2n) is 3.32. The van der Waals surface area contributed by atoms with Gasteiger partial charge in [-0.05, 0) is 24.3 Å². The van der Waals surface area contributed by atoms with Crippen molar-refractivity contribution < 1.29 is 19.1 Å². The summed E-state index contributed by atoms with van der Waals surface area (Å²) in [7, 11) is 1.57. The zero-order chi connectivity index (χ0) is 12.5. The average Bonchev–Trinajstić information content (AvgIpc) is 2.37. The van der Waals surface area contributed by atoms with Crippen LogP contribution in [-0.2, 0) is 9.53 Å². The van der Waals surface area contributed by atoms with Crippen LogP contribution in [0.4, 0.5) is 0 Å². The molecule has 0 aromatic heterocycles. The van der Waals surface area contributed by atoms with Crippen molar-refractivity contribution in [2.75, 3.05) is 26.9 Å². The van der Waals surface area contributed by atoms with Crippen molar-refractivity contribution in [2.24, 2.45) is 0 Å². The van der Waals surface area contributed by atoms with Crippen molar-refractivity contribution in [3.8, 4) is 5.75 Å². The zero-order valence-corrected chi connectivity index (χ0v) is 9.64. The number of rotatable bonds is 7. The summed E-state index contributed by atoms with van der Waals surface area (Å²) >= 11 is 0. The fourth-order valence-corrected chi connectivity index (χ4v) is 1.14. The molecule has 0 saturated heterocycles. The molecule has 0 aliphatic carbocycles. The molecule has 0 aliphatic heterocycles. The Kier molecular flexibility index (Phi) is 5.74. The van der Waals surface area contributed by atoms with Crippen molar-refractivity contribution in [3.05, 3.63) is 29.8 Å². The van der Waals surface area contributed by atoms with Crippen molar-refractivity contribution >= 4 is 12.2 Å². The fourth-order valence-electron chi connectivity index (χ4n) is 1.14. The van der Waals surface area contributed by atoms with E-state index in [0.717, 1.165) is 6.29 Å². The normalized spacial score (nSPS) is 9.71. The van der Waals surface area contributed by atoms with E-state index in [4.69, 9.17) is 9.47 Å². The van der Waals surface area contributed by atoms with Gasteiger partial charge in [0.15, 0.2) is 6.61 Å². The van der Waals surface area contributed by atoms with Crippen LogP contribution in [0.1, 0.15) is 10.4 Å². The van der Waals surface area contributed by atoms with Crippen molar-refractivity contribution in [3.63, 3.8) is 0 Å². The lowest BCUT2D eigenvalue weighted by Gasteiger charge is -2.07. The van der Waals surface area contributed by atoms with Gasteiger partial charge < -0.3 is 14.8 Å². The number of ether oxygens (including phenoxy) is 2. The largest absolute Gasteiger partial charge is 0.484 e. The Morgan fingerprint density at radius 3 is 2.65 bits per heavy atom. The molecule has 0 unspecified atom stereocenters. The molecule has 0 radical (unpaired) electrons. The third kappa shape index (κ3) is 5.12. The van der Waals surface area contributed by atoms with E-state index in [0.29, 0.717) is 24.5 Å². The minimum Gasteiger partial charge on any atom is -0.484 e. The number of hydrogen-bond acceptors (Lipinski definition) is 4. The fraction of sp³-hybridized carbons (Fsp3) is 0.333. The number of aldehydes is 1. The van der Waals surface area contributed by atoms with Gasteiger partial charge in [-0.25, -0.2) is 0 Å². The third-order valence-electron chi connectivity index (χ3n) is 2.01. The third-order valence-corrected chi connectivity index (χ3v) is 2.01. The molecule has 0 heterocycles. The summed E-state index contributed by atoms with van der Waals surface area (Å²) in [6.45, 7) is 0.882. The Hall–Kier alpha value is -1.88. The van der Waals surface area contributed by atoms with E-state index < -0.39 is 0 Å². The maximum absolute atomic E-state index is 11.3. The molecule has 0 bridgehead atoms. The number of hydrogen-bond donors (Lipinski definition) is 1.